The molecule has 24 heavy (non-hydrogen) atoms. The van der Waals surface area contributed by atoms with Gasteiger partial charge in [0, 0.05) is 25.1 Å². The number of likely N-dealkylation sites (tertiary alicyclic amines) is 1. The normalized spacial score (nSPS) is 22.1. The van der Waals surface area contributed by atoms with Crippen molar-refractivity contribution in [3.8, 4) is 5.75 Å². The van der Waals surface area contributed by atoms with Crippen molar-refractivity contribution in [3.05, 3.63) is 23.8 Å². The summed E-state index contributed by atoms with van der Waals surface area (Å²) >= 11 is 1.68. The van der Waals surface area contributed by atoms with Crippen molar-refractivity contribution in [2.75, 3.05) is 32.2 Å². The summed E-state index contributed by atoms with van der Waals surface area (Å²) in [6, 6.07) is 5.97. The number of hydrogen-bond donors (Lipinski definition) is 0. The molecule has 0 spiro atoms. The van der Waals surface area contributed by atoms with E-state index in [9.17, 15) is 13.2 Å². The molecule has 0 saturated carbocycles. The molecule has 0 bridgehead atoms. The van der Waals surface area contributed by atoms with Crippen LogP contribution in [0.4, 0.5) is 0 Å². The molecule has 2 aliphatic rings. The Bertz CT molecular complexity index is 724. The van der Waals surface area contributed by atoms with Crippen LogP contribution in [-0.2, 0) is 21.1 Å². The van der Waals surface area contributed by atoms with E-state index in [4.69, 9.17) is 4.74 Å². The molecule has 2 aliphatic heterocycles. The zero-order chi connectivity index (χ0) is 17.3. The maximum Gasteiger partial charge on any atom is 0.226 e. The van der Waals surface area contributed by atoms with E-state index >= 15 is 0 Å². The summed E-state index contributed by atoms with van der Waals surface area (Å²) in [4.78, 5) is 15.8. The zero-order valence-electron chi connectivity index (χ0n) is 14.0. The molecule has 0 aliphatic carbocycles. The van der Waals surface area contributed by atoms with Crippen molar-refractivity contribution < 1.29 is 17.9 Å². The Morgan fingerprint density at radius 2 is 2.00 bits per heavy atom. The third-order valence-corrected chi connectivity index (χ3v) is 7.89. The fraction of sp³-hybridized carbons (Fsp3) is 0.588. The fourth-order valence-corrected chi connectivity index (χ4v) is 5.80. The number of fused-ring (bicyclic) bond motifs is 1. The van der Waals surface area contributed by atoms with Crippen LogP contribution in [0.15, 0.2) is 23.1 Å². The van der Waals surface area contributed by atoms with Crippen LogP contribution < -0.4 is 4.74 Å². The first-order valence-corrected chi connectivity index (χ1v) is 11.1. The molecule has 2 heterocycles. The number of thioether (sulfide) groups is 1. The third kappa shape index (κ3) is 3.57. The van der Waals surface area contributed by atoms with Gasteiger partial charge in [0.25, 0.3) is 0 Å². The van der Waals surface area contributed by atoms with Gasteiger partial charge in [-0.1, -0.05) is 12.1 Å². The lowest BCUT2D eigenvalue weighted by molar-refractivity contribution is -0.135. The average Bonchev–Trinajstić information content (AvgIpc) is 2.59. The molecule has 1 aromatic rings. The molecular weight excluding hydrogens is 346 g/mol. The van der Waals surface area contributed by atoms with E-state index in [0.717, 1.165) is 28.4 Å². The van der Waals surface area contributed by atoms with E-state index in [0.29, 0.717) is 25.9 Å². The third-order valence-electron chi connectivity index (χ3n) is 4.88. The summed E-state index contributed by atoms with van der Waals surface area (Å²) in [6.45, 7) is 1.09. The van der Waals surface area contributed by atoms with Crippen LogP contribution in [0.3, 0.4) is 0 Å². The Balaban J connectivity index is 1.65. The van der Waals surface area contributed by atoms with Crippen molar-refractivity contribution in [2.45, 2.75) is 29.4 Å². The van der Waals surface area contributed by atoms with Gasteiger partial charge in [-0.2, -0.15) is 0 Å². The van der Waals surface area contributed by atoms with E-state index < -0.39 is 9.84 Å². The molecule has 0 radical (unpaired) electrons. The van der Waals surface area contributed by atoms with Gasteiger partial charge in [-0.05, 0) is 30.9 Å². The minimum absolute atomic E-state index is 0.0376. The average molecular weight is 370 g/mol. The summed E-state index contributed by atoms with van der Waals surface area (Å²) < 4.78 is 28.7. The Hall–Kier alpha value is -1.21. The number of piperidine rings is 1. The number of amides is 1. The quantitative estimate of drug-likeness (QED) is 0.815. The Labute approximate surface area is 147 Å². The molecule has 7 heteroatoms. The highest BCUT2D eigenvalue weighted by Gasteiger charge is 2.34. The van der Waals surface area contributed by atoms with E-state index in [1.54, 1.807) is 18.9 Å². The standard InChI is InChI=1S/C17H23NO4S2/c1-22-15-5-3-4-12-10-13(11-23-16(12)15)17(19)18-8-6-14(7-9-18)24(2,20)21/h3-5,13-14H,6-11H2,1-2H3. The Kier molecular flexibility index (Phi) is 5.11. The number of nitrogens with zero attached hydrogens (tertiary/aromatic N) is 1. The SMILES string of the molecule is COc1cccc2c1SCC(C(=O)N1CCC(S(C)(=O)=O)CC1)C2. The predicted molar refractivity (Wildman–Crippen MR) is 95.4 cm³/mol. The van der Waals surface area contributed by atoms with Crippen LogP contribution in [0, 0.1) is 5.92 Å². The largest absolute Gasteiger partial charge is 0.496 e. The second-order valence-corrected chi connectivity index (χ2v) is 9.87. The summed E-state index contributed by atoms with van der Waals surface area (Å²) in [5.41, 5.74) is 1.16. The number of rotatable bonds is 3. The highest BCUT2D eigenvalue weighted by molar-refractivity contribution is 7.99. The van der Waals surface area contributed by atoms with Crippen LogP contribution in [0.5, 0.6) is 5.75 Å². The lowest BCUT2D eigenvalue weighted by Gasteiger charge is -2.35. The first kappa shape index (κ1) is 17.6. The Morgan fingerprint density at radius 1 is 1.29 bits per heavy atom. The smallest absolute Gasteiger partial charge is 0.226 e. The predicted octanol–water partition coefficient (Wildman–Crippen LogP) is 2.00. The highest BCUT2D eigenvalue weighted by atomic mass is 32.2. The van der Waals surface area contributed by atoms with Crippen LogP contribution in [0.25, 0.3) is 0 Å². The zero-order valence-corrected chi connectivity index (χ0v) is 15.7. The monoisotopic (exact) mass is 369 g/mol. The lowest BCUT2D eigenvalue weighted by Crippen LogP contribution is -2.46. The summed E-state index contributed by atoms with van der Waals surface area (Å²) in [6.07, 6.45) is 3.12. The van der Waals surface area contributed by atoms with Crippen LogP contribution in [-0.4, -0.2) is 56.7 Å². The molecule has 5 nitrogen and oxygen atoms in total. The minimum atomic E-state index is -3.00. The number of carbonyl (C=O) groups is 1. The summed E-state index contributed by atoms with van der Waals surface area (Å²) in [5, 5.41) is -0.299. The first-order valence-electron chi connectivity index (χ1n) is 8.16. The molecule has 132 valence electrons. The molecule has 0 N–H and O–H groups in total. The van der Waals surface area contributed by atoms with Gasteiger partial charge in [0.15, 0.2) is 0 Å². The van der Waals surface area contributed by atoms with Crippen molar-refractivity contribution in [1.29, 1.82) is 0 Å². The van der Waals surface area contributed by atoms with Gasteiger partial charge in [-0.25, -0.2) is 8.42 Å². The molecule has 1 saturated heterocycles. The van der Waals surface area contributed by atoms with Crippen LogP contribution in [0.1, 0.15) is 18.4 Å². The Morgan fingerprint density at radius 3 is 2.62 bits per heavy atom. The maximum atomic E-state index is 12.8. The number of hydrogen-bond acceptors (Lipinski definition) is 5. The van der Waals surface area contributed by atoms with Gasteiger partial charge in [-0.15, -0.1) is 11.8 Å². The van der Waals surface area contributed by atoms with Crippen molar-refractivity contribution in [2.24, 2.45) is 5.92 Å². The molecule has 1 atom stereocenters. The molecule has 1 fully saturated rings. The molecule has 1 aromatic carbocycles. The molecular formula is C17H23NO4S2. The van der Waals surface area contributed by atoms with Gasteiger partial charge in [0.1, 0.15) is 15.6 Å². The second kappa shape index (κ2) is 6.96. The van der Waals surface area contributed by atoms with Gasteiger partial charge >= 0.3 is 0 Å². The second-order valence-electron chi connectivity index (χ2n) is 6.51. The van der Waals surface area contributed by atoms with Crippen molar-refractivity contribution in [3.63, 3.8) is 0 Å². The summed E-state index contributed by atoms with van der Waals surface area (Å²) in [7, 11) is -1.34. The van der Waals surface area contributed by atoms with Gasteiger partial charge < -0.3 is 9.64 Å². The van der Waals surface area contributed by atoms with E-state index in [1.165, 1.54) is 6.26 Å². The van der Waals surface area contributed by atoms with E-state index in [1.807, 2.05) is 17.0 Å². The topological polar surface area (TPSA) is 63.7 Å². The fourth-order valence-electron chi connectivity index (χ4n) is 3.48. The van der Waals surface area contributed by atoms with Gasteiger partial charge in [-0.3, -0.25) is 4.79 Å². The number of sulfone groups is 1. The molecule has 1 amide bonds. The van der Waals surface area contributed by atoms with Crippen molar-refractivity contribution >= 4 is 27.5 Å². The minimum Gasteiger partial charge on any atom is -0.496 e. The molecule has 1 unspecified atom stereocenters. The molecule has 0 aromatic heterocycles. The number of methoxy groups -OCH3 is 1. The van der Waals surface area contributed by atoms with Gasteiger partial charge in [0.2, 0.25) is 5.91 Å². The van der Waals surface area contributed by atoms with Crippen LogP contribution >= 0.6 is 11.8 Å². The van der Waals surface area contributed by atoms with E-state index in [2.05, 4.69) is 6.07 Å². The van der Waals surface area contributed by atoms with E-state index in [-0.39, 0.29) is 17.1 Å². The number of ether oxygens (including phenoxy) is 1. The molecule has 3 rings (SSSR count). The maximum absolute atomic E-state index is 12.8. The lowest BCUT2D eigenvalue weighted by atomic mass is 9.97. The highest BCUT2D eigenvalue weighted by Crippen LogP contribution is 2.40. The summed E-state index contributed by atoms with van der Waals surface area (Å²) in [5.74, 6) is 1.74. The first-order chi connectivity index (χ1) is 11.4. The van der Waals surface area contributed by atoms with Crippen LogP contribution in [0.2, 0.25) is 0 Å². The number of carbonyl (C=O) groups excluding carboxylic acids is 1. The van der Waals surface area contributed by atoms with Crippen molar-refractivity contribution in [1.82, 2.24) is 4.90 Å². The number of benzene rings is 1. The van der Waals surface area contributed by atoms with Gasteiger partial charge in [0.05, 0.1) is 23.2 Å².